The van der Waals surface area contributed by atoms with E-state index < -0.39 is 0 Å². The zero-order valence-corrected chi connectivity index (χ0v) is 12.3. The fraction of sp³-hybridized carbons (Fsp3) is 0.400. The smallest absolute Gasteiger partial charge is 0.224 e. The minimum absolute atomic E-state index is 0.0676. The molecular formula is C15H18N4O3. The second-order valence-electron chi connectivity index (χ2n) is 5.29. The molecule has 2 aromatic rings. The fourth-order valence-electron chi connectivity index (χ4n) is 2.31. The van der Waals surface area contributed by atoms with Gasteiger partial charge in [-0.05, 0) is 18.6 Å². The van der Waals surface area contributed by atoms with Gasteiger partial charge in [0.1, 0.15) is 6.10 Å². The van der Waals surface area contributed by atoms with Crippen molar-refractivity contribution in [3.8, 4) is 5.75 Å². The summed E-state index contributed by atoms with van der Waals surface area (Å²) in [7, 11) is 0. The Hall–Kier alpha value is -2.41. The number of carbonyl (C=O) groups excluding carboxylic acids is 1. The summed E-state index contributed by atoms with van der Waals surface area (Å²) in [5, 5.41) is 9.47. The Balaban J connectivity index is 1.54. The number of H-pyrrole nitrogens is 1. The lowest BCUT2D eigenvalue weighted by Crippen LogP contribution is -2.45. The normalized spacial score (nSPS) is 20.8. The van der Waals surface area contributed by atoms with E-state index >= 15 is 0 Å². The van der Waals surface area contributed by atoms with Gasteiger partial charge in [0.25, 0.3) is 0 Å². The highest BCUT2D eigenvalue weighted by atomic mass is 16.5. The van der Waals surface area contributed by atoms with Crippen LogP contribution in [0.2, 0.25) is 0 Å². The molecule has 0 aliphatic carbocycles. The van der Waals surface area contributed by atoms with Crippen molar-refractivity contribution in [1.82, 2.24) is 20.5 Å². The fourth-order valence-corrected chi connectivity index (χ4v) is 2.31. The lowest BCUT2D eigenvalue weighted by Gasteiger charge is -2.19. The van der Waals surface area contributed by atoms with Crippen molar-refractivity contribution in [3.05, 3.63) is 42.0 Å². The lowest BCUT2D eigenvalue weighted by molar-refractivity contribution is -0.121. The highest BCUT2D eigenvalue weighted by molar-refractivity contribution is 5.78. The largest absolute Gasteiger partial charge is 0.482 e. The van der Waals surface area contributed by atoms with Gasteiger partial charge in [-0.2, -0.15) is 5.10 Å². The number of pyridine rings is 1. The number of nitrogens with zero attached hydrogens (tertiary/aromatic N) is 2. The number of hydrogen-bond acceptors (Lipinski definition) is 5. The molecule has 0 aromatic carbocycles. The van der Waals surface area contributed by atoms with Gasteiger partial charge in [-0.3, -0.25) is 14.9 Å². The van der Waals surface area contributed by atoms with Gasteiger partial charge < -0.3 is 14.8 Å². The molecule has 2 atom stereocenters. The van der Waals surface area contributed by atoms with Gasteiger partial charge in [-0.1, -0.05) is 6.07 Å². The Morgan fingerprint density at radius 2 is 2.36 bits per heavy atom. The van der Waals surface area contributed by atoms with E-state index in [4.69, 9.17) is 9.47 Å². The number of hydrogen-bond donors (Lipinski definition) is 2. The van der Waals surface area contributed by atoms with E-state index in [1.54, 1.807) is 18.6 Å². The summed E-state index contributed by atoms with van der Waals surface area (Å²) in [6.07, 6.45) is 5.06. The first-order chi connectivity index (χ1) is 10.7. The molecule has 22 heavy (non-hydrogen) atoms. The lowest BCUT2D eigenvalue weighted by atomic mass is 10.1. The first-order valence-corrected chi connectivity index (χ1v) is 7.15. The van der Waals surface area contributed by atoms with Gasteiger partial charge >= 0.3 is 0 Å². The number of rotatable bonds is 5. The molecule has 3 rings (SSSR count). The molecule has 2 N–H and O–H groups in total. The monoisotopic (exact) mass is 302 g/mol. The van der Waals surface area contributed by atoms with Crippen molar-refractivity contribution < 1.29 is 14.3 Å². The van der Waals surface area contributed by atoms with E-state index in [0.29, 0.717) is 25.4 Å². The van der Waals surface area contributed by atoms with Crippen LogP contribution in [-0.4, -0.2) is 46.4 Å². The average Bonchev–Trinajstić information content (AvgIpc) is 3.15. The number of nitrogens with one attached hydrogen (secondary N) is 2. The topological polar surface area (TPSA) is 89.1 Å². The SMILES string of the molecule is Cc1ccc(CC(=O)N[C@H]2COC[C@H]2Oc2cn[nH]c2)cn1. The van der Waals surface area contributed by atoms with Crippen LogP contribution < -0.4 is 10.1 Å². The number of amides is 1. The third-order valence-corrected chi connectivity index (χ3v) is 3.47. The summed E-state index contributed by atoms with van der Waals surface area (Å²) in [6.45, 7) is 2.81. The van der Waals surface area contributed by atoms with Gasteiger partial charge in [0.15, 0.2) is 5.75 Å². The van der Waals surface area contributed by atoms with E-state index in [9.17, 15) is 4.79 Å². The van der Waals surface area contributed by atoms with Crippen LogP contribution >= 0.6 is 0 Å². The zero-order chi connectivity index (χ0) is 15.4. The van der Waals surface area contributed by atoms with Crippen LogP contribution in [0.3, 0.4) is 0 Å². The molecule has 0 bridgehead atoms. The van der Waals surface area contributed by atoms with Gasteiger partial charge in [-0.15, -0.1) is 0 Å². The van der Waals surface area contributed by atoms with Crippen molar-refractivity contribution >= 4 is 5.91 Å². The zero-order valence-electron chi connectivity index (χ0n) is 12.3. The number of aryl methyl sites for hydroxylation is 1. The summed E-state index contributed by atoms with van der Waals surface area (Å²) in [6, 6.07) is 3.64. The molecule has 1 fully saturated rings. The second kappa shape index (κ2) is 6.57. The Kier molecular flexibility index (Phi) is 4.34. The quantitative estimate of drug-likeness (QED) is 0.845. The van der Waals surface area contributed by atoms with E-state index in [1.165, 1.54) is 0 Å². The van der Waals surface area contributed by atoms with Crippen molar-refractivity contribution in [2.45, 2.75) is 25.5 Å². The third kappa shape index (κ3) is 3.62. The number of ether oxygens (including phenoxy) is 2. The molecule has 116 valence electrons. The van der Waals surface area contributed by atoms with Gasteiger partial charge in [-0.25, -0.2) is 0 Å². The van der Waals surface area contributed by atoms with E-state index in [1.807, 2.05) is 19.1 Å². The van der Waals surface area contributed by atoms with E-state index in [-0.39, 0.29) is 18.1 Å². The van der Waals surface area contributed by atoms with Crippen LogP contribution in [0.15, 0.2) is 30.7 Å². The molecule has 1 aliphatic rings. The Bertz CT molecular complexity index is 612. The summed E-state index contributed by atoms with van der Waals surface area (Å²) in [5.41, 5.74) is 1.82. The molecule has 0 unspecified atom stereocenters. The Morgan fingerprint density at radius 1 is 1.45 bits per heavy atom. The van der Waals surface area contributed by atoms with E-state index in [0.717, 1.165) is 11.3 Å². The maximum Gasteiger partial charge on any atom is 0.224 e. The Morgan fingerprint density at radius 3 is 3.09 bits per heavy atom. The van der Waals surface area contributed by atoms with Gasteiger partial charge in [0.2, 0.25) is 5.91 Å². The summed E-state index contributed by atoms with van der Waals surface area (Å²) in [5.74, 6) is 0.569. The molecule has 2 aromatic heterocycles. The van der Waals surface area contributed by atoms with Crippen LogP contribution in [0, 0.1) is 6.92 Å². The molecule has 0 spiro atoms. The summed E-state index contributed by atoms with van der Waals surface area (Å²) in [4.78, 5) is 16.3. The van der Waals surface area contributed by atoms with Crippen LogP contribution in [-0.2, 0) is 16.0 Å². The maximum atomic E-state index is 12.1. The van der Waals surface area contributed by atoms with Crippen molar-refractivity contribution in [3.63, 3.8) is 0 Å². The number of aromatic amines is 1. The van der Waals surface area contributed by atoms with Crippen molar-refractivity contribution in [2.75, 3.05) is 13.2 Å². The van der Waals surface area contributed by atoms with Gasteiger partial charge in [0, 0.05) is 11.9 Å². The molecule has 1 aliphatic heterocycles. The van der Waals surface area contributed by atoms with Crippen LogP contribution in [0.5, 0.6) is 5.75 Å². The highest BCUT2D eigenvalue weighted by Crippen LogP contribution is 2.15. The molecule has 7 nitrogen and oxygen atoms in total. The van der Waals surface area contributed by atoms with Crippen molar-refractivity contribution in [1.29, 1.82) is 0 Å². The Labute approximate surface area is 128 Å². The first kappa shape index (κ1) is 14.5. The molecule has 7 heteroatoms. The number of carbonyl (C=O) groups is 1. The molecule has 1 saturated heterocycles. The van der Waals surface area contributed by atoms with Gasteiger partial charge in [0.05, 0.1) is 38.1 Å². The average molecular weight is 302 g/mol. The second-order valence-corrected chi connectivity index (χ2v) is 5.29. The highest BCUT2D eigenvalue weighted by Gasteiger charge is 2.31. The predicted molar refractivity (Wildman–Crippen MR) is 78.4 cm³/mol. The standard InChI is InChI=1S/C15H18N4O3/c1-10-2-3-11(5-16-10)4-15(20)19-13-8-21-9-14(13)22-12-6-17-18-7-12/h2-3,5-7,13-14H,4,8-9H2,1H3,(H,17,18)(H,19,20)/t13-,14+/m0/s1. The van der Waals surface area contributed by atoms with Crippen LogP contribution in [0.4, 0.5) is 0 Å². The maximum absolute atomic E-state index is 12.1. The van der Waals surface area contributed by atoms with Crippen LogP contribution in [0.1, 0.15) is 11.3 Å². The molecule has 1 amide bonds. The number of aromatic nitrogens is 3. The molecule has 3 heterocycles. The summed E-state index contributed by atoms with van der Waals surface area (Å²) >= 11 is 0. The third-order valence-electron chi connectivity index (χ3n) is 3.47. The first-order valence-electron chi connectivity index (χ1n) is 7.15. The van der Waals surface area contributed by atoms with Crippen molar-refractivity contribution in [2.24, 2.45) is 0 Å². The molecular weight excluding hydrogens is 284 g/mol. The molecule has 0 saturated carbocycles. The van der Waals surface area contributed by atoms with Crippen LogP contribution in [0.25, 0.3) is 0 Å². The predicted octanol–water partition coefficient (Wildman–Crippen LogP) is 0.618. The minimum atomic E-state index is -0.210. The van der Waals surface area contributed by atoms with E-state index in [2.05, 4.69) is 20.5 Å². The molecule has 0 radical (unpaired) electrons. The summed E-state index contributed by atoms with van der Waals surface area (Å²) < 4.78 is 11.2. The minimum Gasteiger partial charge on any atom is -0.482 e.